The number of carbonyl (C=O) groups is 1. The van der Waals surface area contributed by atoms with Gasteiger partial charge in [-0.25, -0.2) is 5.43 Å². The van der Waals surface area contributed by atoms with Crippen molar-refractivity contribution >= 4 is 18.2 Å². The molecule has 3 nitrogen and oxygen atoms in total. The monoisotopic (exact) mass is 366 g/mol. The van der Waals surface area contributed by atoms with Gasteiger partial charge >= 0.3 is 0 Å². The fraction of sp³-hybridized carbons (Fsp3) is 0.120. The van der Waals surface area contributed by atoms with E-state index in [1.54, 1.807) is 6.21 Å². The van der Waals surface area contributed by atoms with E-state index in [1.807, 2.05) is 78.9 Å². The van der Waals surface area contributed by atoms with E-state index in [0.29, 0.717) is 0 Å². The van der Waals surface area contributed by atoms with Crippen molar-refractivity contribution in [2.75, 3.05) is 0 Å². The van der Waals surface area contributed by atoms with Gasteiger partial charge in [-0.1, -0.05) is 97.1 Å². The minimum Gasteiger partial charge on any atom is -0.273 e. The highest BCUT2D eigenvalue weighted by atomic mass is 16.2. The summed E-state index contributed by atoms with van der Waals surface area (Å²) in [5.41, 5.74) is 5.89. The summed E-state index contributed by atoms with van der Waals surface area (Å²) < 4.78 is 0. The zero-order valence-corrected chi connectivity index (χ0v) is 15.5. The van der Waals surface area contributed by atoms with E-state index in [4.69, 9.17) is 0 Å². The van der Waals surface area contributed by atoms with Gasteiger partial charge in [-0.3, -0.25) is 4.79 Å². The maximum atomic E-state index is 12.8. The number of allylic oxidation sites excluding steroid dienone is 1. The van der Waals surface area contributed by atoms with Crippen LogP contribution in [-0.4, -0.2) is 12.1 Å². The standard InChI is InChI=1S/C25H22N2O/c28-24(27-26-18-10-13-20-11-4-1-5-12-20)23-19-25(23,21-14-6-2-7-15-21)22-16-8-3-9-17-22/h1-18,23H,19H2,(H,27,28)/b13-10-,26-18?/t23-/m1/s1. The van der Waals surface area contributed by atoms with Gasteiger partial charge in [0, 0.05) is 11.6 Å². The molecule has 0 heterocycles. The van der Waals surface area contributed by atoms with Crippen LogP contribution in [0.5, 0.6) is 0 Å². The lowest BCUT2D eigenvalue weighted by Crippen LogP contribution is -2.25. The van der Waals surface area contributed by atoms with E-state index in [2.05, 4.69) is 34.8 Å². The minimum absolute atomic E-state index is 0.0444. The molecule has 3 heteroatoms. The molecule has 1 aliphatic rings. The Labute approximate surface area is 165 Å². The minimum atomic E-state index is -0.262. The predicted molar refractivity (Wildman–Crippen MR) is 114 cm³/mol. The average Bonchev–Trinajstić information content (AvgIpc) is 3.53. The summed E-state index contributed by atoms with van der Waals surface area (Å²) in [7, 11) is 0. The number of carbonyl (C=O) groups excluding carboxylic acids is 1. The van der Waals surface area contributed by atoms with E-state index in [9.17, 15) is 4.79 Å². The molecular formula is C25H22N2O. The molecule has 0 radical (unpaired) electrons. The molecule has 1 aliphatic carbocycles. The first-order valence-electron chi connectivity index (χ1n) is 9.46. The van der Waals surface area contributed by atoms with Gasteiger partial charge < -0.3 is 0 Å². The molecule has 1 atom stereocenters. The number of nitrogens with zero attached hydrogens (tertiary/aromatic N) is 1. The lowest BCUT2D eigenvalue weighted by Gasteiger charge is -2.18. The Bertz CT molecular complexity index is 939. The SMILES string of the molecule is O=C(NN=C/C=C\c1ccccc1)[C@H]1CC1(c1ccccc1)c1ccccc1. The van der Waals surface area contributed by atoms with Gasteiger partial charge in [-0.2, -0.15) is 5.10 Å². The third-order valence-electron chi connectivity index (χ3n) is 5.28. The third kappa shape index (κ3) is 3.65. The van der Waals surface area contributed by atoms with E-state index in [0.717, 1.165) is 12.0 Å². The Morgan fingerprint density at radius 3 is 1.96 bits per heavy atom. The molecule has 1 fully saturated rings. The lowest BCUT2D eigenvalue weighted by atomic mass is 9.85. The Kier molecular flexibility index (Phi) is 5.16. The Morgan fingerprint density at radius 1 is 0.857 bits per heavy atom. The van der Waals surface area contributed by atoms with Crippen LogP contribution in [0.25, 0.3) is 6.08 Å². The number of hydrogen-bond acceptors (Lipinski definition) is 2. The fourth-order valence-electron chi connectivity index (χ4n) is 3.80. The molecule has 0 aromatic heterocycles. The maximum Gasteiger partial charge on any atom is 0.244 e. The molecule has 3 aromatic rings. The summed E-state index contributed by atoms with van der Waals surface area (Å²) in [6.07, 6.45) is 6.18. The first kappa shape index (κ1) is 17.9. The van der Waals surface area contributed by atoms with Gasteiger partial charge in [0.15, 0.2) is 0 Å². The molecule has 0 aliphatic heterocycles. The number of hydrazone groups is 1. The molecule has 0 spiro atoms. The number of amides is 1. The van der Waals surface area contributed by atoms with Crippen LogP contribution >= 0.6 is 0 Å². The molecule has 1 N–H and O–H groups in total. The summed E-state index contributed by atoms with van der Waals surface area (Å²) in [6, 6.07) is 30.5. The van der Waals surface area contributed by atoms with Crippen LogP contribution in [0, 0.1) is 5.92 Å². The topological polar surface area (TPSA) is 41.5 Å². The number of hydrogen-bond donors (Lipinski definition) is 1. The van der Waals surface area contributed by atoms with E-state index < -0.39 is 0 Å². The molecule has 4 rings (SSSR count). The Hall–Kier alpha value is -3.46. The van der Waals surface area contributed by atoms with Gasteiger partial charge in [-0.05, 0) is 29.2 Å². The van der Waals surface area contributed by atoms with Crippen molar-refractivity contribution in [1.29, 1.82) is 0 Å². The van der Waals surface area contributed by atoms with Crippen LogP contribution in [0.15, 0.2) is 102 Å². The van der Waals surface area contributed by atoms with Crippen molar-refractivity contribution in [1.82, 2.24) is 5.43 Å². The highest BCUT2D eigenvalue weighted by Crippen LogP contribution is 2.58. The normalized spacial score (nSPS) is 17.6. The van der Waals surface area contributed by atoms with Crippen LogP contribution in [0.3, 0.4) is 0 Å². The quantitative estimate of drug-likeness (QED) is 0.494. The Balaban J connectivity index is 1.46. The predicted octanol–water partition coefficient (Wildman–Crippen LogP) is 4.81. The van der Waals surface area contributed by atoms with Gasteiger partial charge in [0.1, 0.15) is 0 Å². The van der Waals surface area contributed by atoms with Crippen molar-refractivity contribution in [3.8, 4) is 0 Å². The van der Waals surface area contributed by atoms with Gasteiger partial charge in [0.05, 0.1) is 5.92 Å². The number of nitrogens with one attached hydrogen (secondary N) is 1. The van der Waals surface area contributed by atoms with E-state index >= 15 is 0 Å². The fourth-order valence-corrected chi connectivity index (χ4v) is 3.80. The molecule has 0 bridgehead atoms. The van der Waals surface area contributed by atoms with Crippen LogP contribution < -0.4 is 5.43 Å². The molecule has 138 valence electrons. The molecule has 1 amide bonds. The van der Waals surface area contributed by atoms with Crippen molar-refractivity contribution in [3.63, 3.8) is 0 Å². The lowest BCUT2D eigenvalue weighted by molar-refractivity contribution is -0.122. The second-order valence-corrected chi connectivity index (χ2v) is 6.98. The zero-order valence-electron chi connectivity index (χ0n) is 15.5. The molecule has 1 saturated carbocycles. The summed E-state index contributed by atoms with van der Waals surface area (Å²) in [4.78, 5) is 12.8. The van der Waals surface area contributed by atoms with Crippen LogP contribution in [-0.2, 0) is 10.2 Å². The first-order valence-corrected chi connectivity index (χ1v) is 9.46. The smallest absolute Gasteiger partial charge is 0.244 e. The molecule has 3 aromatic carbocycles. The Morgan fingerprint density at radius 2 is 1.39 bits per heavy atom. The summed E-state index contributed by atoms with van der Waals surface area (Å²) >= 11 is 0. The summed E-state index contributed by atoms with van der Waals surface area (Å²) in [5.74, 6) is -0.162. The van der Waals surface area contributed by atoms with Gasteiger partial charge in [0.25, 0.3) is 0 Å². The molecule has 0 saturated heterocycles. The highest BCUT2D eigenvalue weighted by Gasteiger charge is 2.60. The van der Waals surface area contributed by atoms with Gasteiger partial charge in [-0.15, -0.1) is 0 Å². The van der Waals surface area contributed by atoms with E-state index in [-0.39, 0.29) is 17.2 Å². The van der Waals surface area contributed by atoms with Crippen molar-refractivity contribution in [3.05, 3.63) is 114 Å². The highest BCUT2D eigenvalue weighted by molar-refractivity contribution is 5.87. The first-order chi connectivity index (χ1) is 13.8. The second kappa shape index (κ2) is 8.05. The zero-order chi connectivity index (χ0) is 19.2. The van der Waals surface area contributed by atoms with Crippen molar-refractivity contribution in [2.45, 2.75) is 11.8 Å². The average molecular weight is 366 g/mol. The third-order valence-corrected chi connectivity index (χ3v) is 5.28. The van der Waals surface area contributed by atoms with Crippen LogP contribution in [0.1, 0.15) is 23.1 Å². The summed E-state index contributed by atoms with van der Waals surface area (Å²) in [6.45, 7) is 0. The molecule has 0 unspecified atom stereocenters. The van der Waals surface area contributed by atoms with Crippen LogP contribution in [0.4, 0.5) is 0 Å². The van der Waals surface area contributed by atoms with Gasteiger partial charge in [0.2, 0.25) is 5.91 Å². The maximum absolute atomic E-state index is 12.8. The number of benzene rings is 3. The van der Waals surface area contributed by atoms with Crippen molar-refractivity contribution < 1.29 is 4.79 Å². The summed E-state index contributed by atoms with van der Waals surface area (Å²) in [5, 5.41) is 4.09. The number of rotatable bonds is 6. The largest absolute Gasteiger partial charge is 0.273 e. The second-order valence-electron chi connectivity index (χ2n) is 6.98. The molecule has 28 heavy (non-hydrogen) atoms. The molecular weight excluding hydrogens is 344 g/mol. The van der Waals surface area contributed by atoms with E-state index in [1.165, 1.54) is 11.1 Å². The van der Waals surface area contributed by atoms with Crippen LogP contribution in [0.2, 0.25) is 0 Å². The van der Waals surface area contributed by atoms with Crippen molar-refractivity contribution in [2.24, 2.45) is 11.0 Å².